The molecule has 0 saturated heterocycles. The van der Waals surface area contributed by atoms with E-state index in [1.807, 2.05) is 0 Å². The zero-order chi connectivity index (χ0) is 14.7. The molecule has 0 aliphatic rings. The highest BCUT2D eigenvalue weighted by Gasteiger charge is 2.20. The predicted molar refractivity (Wildman–Crippen MR) is 75.4 cm³/mol. The average molecular weight is 291 g/mol. The largest absolute Gasteiger partial charge is 0.478 e. The number of halogens is 1. The van der Waals surface area contributed by atoms with E-state index in [1.165, 1.54) is 24.1 Å². The molecule has 0 aliphatic heterocycles. The molecule has 6 heteroatoms. The highest BCUT2D eigenvalue weighted by Crippen LogP contribution is 2.21. The number of pyridine rings is 1. The van der Waals surface area contributed by atoms with Gasteiger partial charge in [0.1, 0.15) is 10.8 Å². The van der Waals surface area contributed by atoms with Crippen LogP contribution >= 0.6 is 11.6 Å². The molecule has 0 aliphatic carbocycles. The van der Waals surface area contributed by atoms with Crippen molar-refractivity contribution in [3.8, 4) is 0 Å². The third kappa shape index (κ3) is 2.78. The lowest BCUT2D eigenvalue weighted by Crippen LogP contribution is -2.28. The van der Waals surface area contributed by atoms with E-state index >= 15 is 0 Å². The number of aromatic carboxylic acids is 1. The van der Waals surface area contributed by atoms with Gasteiger partial charge in [0.2, 0.25) is 0 Å². The molecule has 102 valence electrons. The number of carboxylic acid groups (broad SMARTS) is 1. The van der Waals surface area contributed by atoms with Crippen molar-refractivity contribution in [3.63, 3.8) is 0 Å². The molecule has 20 heavy (non-hydrogen) atoms. The SMILES string of the molecule is CN(C(=O)c1cccc(Cl)n1)c1ccccc1C(=O)O. The third-order valence-corrected chi connectivity index (χ3v) is 2.95. The van der Waals surface area contributed by atoms with E-state index in [1.54, 1.807) is 30.3 Å². The maximum absolute atomic E-state index is 12.3. The first-order chi connectivity index (χ1) is 9.50. The average Bonchev–Trinajstić information content (AvgIpc) is 2.45. The first-order valence-corrected chi connectivity index (χ1v) is 6.11. The fourth-order valence-electron chi connectivity index (χ4n) is 1.76. The second-order valence-corrected chi connectivity index (χ2v) is 4.42. The number of carbonyl (C=O) groups is 2. The molecule has 1 N–H and O–H groups in total. The summed E-state index contributed by atoms with van der Waals surface area (Å²) in [5, 5.41) is 9.34. The van der Waals surface area contributed by atoms with Gasteiger partial charge in [-0.05, 0) is 24.3 Å². The summed E-state index contributed by atoms with van der Waals surface area (Å²) in [6.45, 7) is 0. The topological polar surface area (TPSA) is 70.5 Å². The predicted octanol–water partition coefficient (Wildman–Crippen LogP) is 2.71. The molecule has 1 aromatic carbocycles. The zero-order valence-electron chi connectivity index (χ0n) is 10.6. The van der Waals surface area contributed by atoms with Crippen LogP contribution in [0.4, 0.5) is 5.69 Å². The van der Waals surface area contributed by atoms with E-state index in [-0.39, 0.29) is 16.4 Å². The van der Waals surface area contributed by atoms with Crippen LogP contribution in [0.5, 0.6) is 0 Å². The fraction of sp³-hybridized carbons (Fsp3) is 0.0714. The lowest BCUT2D eigenvalue weighted by atomic mass is 10.1. The summed E-state index contributed by atoms with van der Waals surface area (Å²) >= 11 is 5.75. The minimum Gasteiger partial charge on any atom is -0.478 e. The van der Waals surface area contributed by atoms with Crippen molar-refractivity contribution < 1.29 is 14.7 Å². The highest BCUT2D eigenvalue weighted by atomic mass is 35.5. The number of para-hydroxylation sites is 1. The summed E-state index contributed by atoms with van der Waals surface area (Å²) in [7, 11) is 1.49. The van der Waals surface area contributed by atoms with Crippen molar-refractivity contribution in [2.75, 3.05) is 11.9 Å². The molecular weight excluding hydrogens is 280 g/mol. The van der Waals surface area contributed by atoms with Crippen molar-refractivity contribution in [2.45, 2.75) is 0 Å². The first-order valence-electron chi connectivity index (χ1n) is 5.73. The molecule has 0 spiro atoms. The first kappa shape index (κ1) is 14.0. The zero-order valence-corrected chi connectivity index (χ0v) is 11.3. The van der Waals surface area contributed by atoms with Crippen LogP contribution in [-0.2, 0) is 0 Å². The van der Waals surface area contributed by atoms with Gasteiger partial charge in [-0.15, -0.1) is 0 Å². The van der Waals surface area contributed by atoms with E-state index in [4.69, 9.17) is 16.7 Å². The number of anilines is 1. The number of carbonyl (C=O) groups excluding carboxylic acids is 1. The van der Waals surface area contributed by atoms with Gasteiger partial charge in [-0.25, -0.2) is 9.78 Å². The Labute approximate surface area is 120 Å². The molecule has 1 aromatic heterocycles. The molecule has 0 radical (unpaired) electrons. The van der Waals surface area contributed by atoms with Gasteiger partial charge < -0.3 is 10.0 Å². The number of aromatic nitrogens is 1. The Kier molecular flexibility index (Phi) is 4.00. The van der Waals surface area contributed by atoms with Crippen molar-refractivity contribution >= 4 is 29.2 Å². The van der Waals surface area contributed by atoms with E-state index < -0.39 is 11.9 Å². The van der Waals surface area contributed by atoms with Gasteiger partial charge in [0.25, 0.3) is 5.91 Å². The number of hydrogen-bond acceptors (Lipinski definition) is 3. The van der Waals surface area contributed by atoms with Crippen molar-refractivity contribution in [2.24, 2.45) is 0 Å². The van der Waals surface area contributed by atoms with Crippen LogP contribution in [0.15, 0.2) is 42.5 Å². The number of nitrogens with zero attached hydrogens (tertiary/aromatic N) is 2. The Morgan fingerprint density at radius 3 is 2.50 bits per heavy atom. The summed E-state index contributed by atoms with van der Waals surface area (Å²) in [5.41, 5.74) is 0.498. The van der Waals surface area contributed by atoms with Crippen LogP contribution in [0.1, 0.15) is 20.8 Å². The van der Waals surface area contributed by atoms with Crippen molar-refractivity contribution in [1.29, 1.82) is 0 Å². The normalized spacial score (nSPS) is 10.1. The second-order valence-electron chi connectivity index (χ2n) is 4.03. The molecule has 0 unspecified atom stereocenters. The molecule has 5 nitrogen and oxygen atoms in total. The van der Waals surface area contributed by atoms with Gasteiger partial charge in [0, 0.05) is 7.05 Å². The number of benzene rings is 1. The standard InChI is InChI=1S/C14H11ClN2O3/c1-17(11-7-3-2-5-9(11)14(19)20)13(18)10-6-4-8-12(15)16-10/h2-8H,1H3,(H,19,20). The van der Waals surface area contributed by atoms with E-state index in [0.29, 0.717) is 5.69 Å². The molecular formula is C14H11ClN2O3. The highest BCUT2D eigenvalue weighted by molar-refractivity contribution is 6.29. The van der Waals surface area contributed by atoms with Crippen LogP contribution < -0.4 is 4.90 Å². The number of rotatable bonds is 3. The molecule has 0 atom stereocenters. The fourth-order valence-corrected chi connectivity index (χ4v) is 1.92. The summed E-state index contributed by atoms with van der Waals surface area (Å²) in [6.07, 6.45) is 0. The van der Waals surface area contributed by atoms with Crippen molar-refractivity contribution in [3.05, 3.63) is 58.9 Å². The summed E-state index contributed by atoms with van der Waals surface area (Å²) < 4.78 is 0. The molecule has 0 bridgehead atoms. The Balaban J connectivity index is 2.39. The van der Waals surface area contributed by atoms with Crippen LogP contribution in [0.2, 0.25) is 5.15 Å². The Hall–Kier alpha value is -2.40. The number of hydrogen-bond donors (Lipinski definition) is 1. The summed E-state index contributed by atoms with van der Waals surface area (Å²) in [4.78, 5) is 28.6. The van der Waals surface area contributed by atoms with Gasteiger partial charge in [-0.1, -0.05) is 29.8 Å². The molecule has 1 heterocycles. The minimum atomic E-state index is -1.10. The second kappa shape index (κ2) is 5.71. The third-order valence-electron chi connectivity index (χ3n) is 2.73. The lowest BCUT2D eigenvalue weighted by Gasteiger charge is -2.18. The van der Waals surface area contributed by atoms with Gasteiger partial charge in [0.05, 0.1) is 11.3 Å². The maximum Gasteiger partial charge on any atom is 0.337 e. The summed E-state index contributed by atoms with van der Waals surface area (Å²) in [5.74, 6) is -1.53. The van der Waals surface area contributed by atoms with Crippen LogP contribution in [0.3, 0.4) is 0 Å². The number of carboxylic acids is 1. The van der Waals surface area contributed by atoms with Gasteiger partial charge in [-0.2, -0.15) is 0 Å². The maximum atomic E-state index is 12.3. The minimum absolute atomic E-state index is 0.0466. The van der Waals surface area contributed by atoms with Gasteiger partial charge >= 0.3 is 5.97 Å². The lowest BCUT2D eigenvalue weighted by molar-refractivity contribution is 0.0697. The van der Waals surface area contributed by atoms with E-state index in [2.05, 4.69) is 4.98 Å². The molecule has 1 amide bonds. The van der Waals surface area contributed by atoms with Crippen LogP contribution in [0.25, 0.3) is 0 Å². The molecule has 0 saturated carbocycles. The Bertz CT molecular complexity index is 673. The van der Waals surface area contributed by atoms with Gasteiger partial charge in [0.15, 0.2) is 0 Å². The molecule has 2 rings (SSSR count). The monoisotopic (exact) mass is 290 g/mol. The molecule has 2 aromatic rings. The van der Waals surface area contributed by atoms with E-state index in [0.717, 1.165) is 0 Å². The Morgan fingerprint density at radius 2 is 1.85 bits per heavy atom. The summed E-state index contributed by atoms with van der Waals surface area (Å²) in [6, 6.07) is 11.0. The van der Waals surface area contributed by atoms with E-state index in [9.17, 15) is 9.59 Å². The smallest absolute Gasteiger partial charge is 0.337 e. The Morgan fingerprint density at radius 1 is 1.15 bits per heavy atom. The number of amides is 1. The quantitative estimate of drug-likeness (QED) is 0.882. The van der Waals surface area contributed by atoms with Crippen LogP contribution in [-0.4, -0.2) is 29.0 Å². The van der Waals surface area contributed by atoms with Crippen LogP contribution in [0, 0.1) is 0 Å². The van der Waals surface area contributed by atoms with Gasteiger partial charge in [-0.3, -0.25) is 4.79 Å². The molecule has 0 fully saturated rings. The van der Waals surface area contributed by atoms with Crippen molar-refractivity contribution in [1.82, 2.24) is 4.98 Å².